The maximum atomic E-state index is 12.0. The van der Waals surface area contributed by atoms with Crippen molar-refractivity contribution < 1.29 is 0 Å². The van der Waals surface area contributed by atoms with Crippen LogP contribution in [0.3, 0.4) is 0 Å². The number of nitrogens with zero attached hydrogens (tertiary/aromatic N) is 3. The summed E-state index contributed by atoms with van der Waals surface area (Å²) in [6, 6.07) is 9.81. The van der Waals surface area contributed by atoms with Crippen LogP contribution in [-0.2, 0) is 0 Å². The van der Waals surface area contributed by atoms with Gasteiger partial charge in [-0.1, -0.05) is 12.1 Å². The lowest BCUT2D eigenvalue weighted by atomic mass is 10.1. The summed E-state index contributed by atoms with van der Waals surface area (Å²) in [4.78, 5) is 21.6. The van der Waals surface area contributed by atoms with Crippen LogP contribution >= 0.6 is 0 Å². The molecule has 2 heterocycles. The maximum absolute atomic E-state index is 12.0. The van der Waals surface area contributed by atoms with Gasteiger partial charge in [0.25, 0.3) is 5.56 Å². The van der Waals surface area contributed by atoms with Crippen molar-refractivity contribution in [2.24, 2.45) is 0 Å². The molecule has 0 fully saturated rings. The van der Waals surface area contributed by atoms with Crippen LogP contribution in [0, 0.1) is 0 Å². The number of aromatic amines is 1. The van der Waals surface area contributed by atoms with Crippen LogP contribution in [0.25, 0.3) is 17.0 Å². The summed E-state index contributed by atoms with van der Waals surface area (Å²) in [6.07, 6.45) is 3.27. The number of rotatable bonds is 4. The Hall–Kier alpha value is -2.56. The molecule has 3 rings (SSSR count). The van der Waals surface area contributed by atoms with Crippen molar-refractivity contribution in [1.82, 2.24) is 14.4 Å². The molecule has 3 aromatic rings. The zero-order valence-corrected chi connectivity index (χ0v) is 12.2. The summed E-state index contributed by atoms with van der Waals surface area (Å²) in [6.45, 7) is 6.24. The molecule has 0 atom stereocenters. The van der Waals surface area contributed by atoms with Gasteiger partial charge in [-0.05, 0) is 31.5 Å². The molecule has 0 saturated carbocycles. The number of nitrogens with one attached hydrogen (secondary N) is 1. The molecule has 2 aromatic heterocycles. The molecule has 0 saturated heterocycles. The van der Waals surface area contributed by atoms with Crippen LogP contribution in [0.15, 0.2) is 47.5 Å². The summed E-state index contributed by atoms with van der Waals surface area (Å²) in [5.74, 6) is 0.560. The van der Waals surface area contributed by atoms with Gasteiger partial charge in [0.15, 0.2) is 0 Å². The Morgan fingerprint density at radius 2 is 1.90 bits per heavy atom. The Morgan fingerprint density at radius 3 is 2.57 bits per heavy atom. The fraction of sp³-hybridized carbons (Fsp3) is 0.250. The van der Waals surface area contributed by atoms with E-state index in [1.54, 1.807) is 18.5 Å². The van der Waals surface area contributed by atoms with Gasteiger partial charge in [-0.2, -0.15) is 0 Å². The van der Waals surface area contributed by atoms with Crippen LogP contribution in [0.4, 0.5) is 5.69 Å². The average Bonchev–Trinajstić information content (AvgIpc) is 2.98. The van der Waals surface area contributed by atoms with Crippen LogP contribution in [0.2, 0.25) is 0 Å². The smallest absolute Gasteiger partial charge is 0.259 e. The van der Waals surface area contributed by atoms with Gasteiger partial charge in [0, 0.05) is 37.2 Å². The molecule has 0 amide bonds. The molecule has 1 aromatic carbocycles. The number of hydrogen-bond donors (Lipinski definition) is 1. The predicted molar refractivity (Wildman–Crippen MR) is 84.8 cm³/mol. The fourth-order valence-corrected chi connectivity index (χ4v) is 2.52. The third-order valence-electron chi connectivity index (χ3n) is 3.70. The summed E-state index contributed by atoms with van der Waals surface area (Å²) in [5.41, 5.74) is 2.87. The highest BCUT2D eigenvalue weighted by Gasteiger charge is 2.06. The fourth-order valence-electron chi connectivity index (χ4n) is 2.52. The first-order chi connectivity index (χ1) is 10.2. The lowest BCUT2D eigenvalue weighted by Crippen LogP contribution is -2.21. The first-order valence-electron chi connectivity index (χ1n) is 7.14. The standard InChI is InChI=1S/C16H18N4O/c1-3-19(4-2)13-7-5-12(6-8-13)14-11-15(21)20-10-9-17-16(20)18-14/h5-11H,3-4H2,1-2H3,(H,17,18). The van der Waals surface area contributed by atoms with Gasteiger partial charge in [-0.25, -0.2) is 4.98 Å². The van der Waals surface area contributed by atoms with Crippen molar-refractivity contribution in [3.63, 3.8) is 0 Å². The lowest BCUT2D eigenvalue weighted by molar-refractivity contribution is 0.866. The zero-order chi connectivity index (χ0) is 14.8. The molecule has 0 aliphatic heterocycles. The van der Waals surface area contributed by atoms with Crippen molar-refractivity contribution in [3.05, 3.63) is 53.1 Å². The Bertz CT molecular complexity index is 797. The number of fused-ring (bicyclic) bond motifs is 1. The second-order valence-electron chi connectivity index (χ2n) is 4.86. The van der Waals surface area contributed by atoms with Crippen molar-refractivity contribution >= 4 is 11.5 Å². The zero-order valence-electron chi connectivity index (χ0n) is 12.2. The van der Waals surface area contributed by atoms with E-state index in [1.165, 1.54) is 10.1 Å². The number of imidazole rings is 1. The Kier molecular flexibility index (Phi) is 3.48. The summed E-state index contributed by atoms with van der Waals surface area (Å²) >= 11 is 0. The van der Waals surface area contributed by atoms with Crippen LogP contribution in [0.1, 0.15) is 13.8 Å². The highest BCUT2D eigenvalue weighted by molar-refractivity contribution is 5.64. The Morgan fingerprint density at radius 1 is 1.19 bits per heavy atom. The largest absolute Gasteiger partial charge is 0.372 e. The van der Waals surface area contributed by atoms with Gasteiger partial charge in [-0.3, -0.25) is 9.20 Å². The van der Waals surface area contributed by atoms with Gasteiger partial charge >= 0.3 is 0 Å². The van der Waals surface area contributed by atoms with Crippen LogP contribution < -0.4 is 10.5 Å². The van der Waals surface area contributed by atoms with E-state index < -0.39 is 0 Å². The first-order valence-corrected chi connectivity index (χ1v) is 7.14. The van der Waals surface area contributed by atoms with E-state index in [2.05, 4.69) is 40.8 Å². The molecule has 0 unspecified atom stereocenters. The normalized spacial score (nSPS) is 11.0. The Balaban J connectivity index is 2.00. The molecule has 1 N–H and O–H groups in total. The third kappa shape index (κ3) is 2.42. The molecule has 21 heavy (non-hydrogen) atoms. The summed E-state index contributed by atoms with van der Waals surface area (Å²) in [7, 11) is 0. The lowest BCUT2D eigenvalue weighted by Gasteiger charge is -2.21. The van der Waals surface area contributed by atoms with Crippen molar-refractivity contribution in [2.75, 3.05) is 18.0 Å². The van der Waals surface area contributed by atoms with E-state index >= 15 is 0 Å². The van der Waals surface area contributed by atoms with Crippen LogP contribution in [0.5, 0.6) is 0 Å². The predicted octanol–water partition coefficient (Wildman–Crippen LogP) is 2.54. The molecule has 0 aliphatic carbocycles. The van der Waals surface area contributed by atoms with Crippen molar-refractivity contribution in [2.45, 2.75) is 13.8 Å². The molecule has 5 nitrogen and oxygen atoms in total. The molecule has 108 valence electrons. The molecule has 0 bridgehead atoms. The minimum atomic E-state index is -0.0796. The topological polar surface area (TPSA) is 53.4 Å². The quantitative estimate of drug-likeness (QED) is 0.800. The summed E-state index contributed by atoms with van der Waals surface area (Å²) < 4.78 is 1.49. The molecule has 0 radical (unpaired) electrons. The second-order valence-corrected chi connectivity index (χ2v) is 4.86. The van der Waals surface area contributed by atoms with E-state index in [-0.39, 0.29) is 5.56 Å². The SMILES string of the molecule is CCN(CC)c1ccc(-c2cc(=O)n3ccnc3[nH]2)cc1. The van der Waals surface area contributed by atoms with Gasteiger partial charge in [0.05, 0.1) is 5.69 Å². The van der Waals surface area contributed by atoms with Crippen LogP contribution in [-0.4, -0.2) is 27.5 Å². The average molecular weight is 282 g/mol. The third-order valence-corrected chi connectivity index (χ3v) is 3.70. The molecular formula is C16H18N4O. The van der Waals surface area contributed by atoms with E-state index in [0.29, 0.717) is 5.78 Å². The maximum Gasteiger partial charge on any atom is 0.259 e. The molecule has 5 heteroatoms. The first kappa shape index (κ1) is 13.4. The van der Waals surface area contributed by atoms with Gasteiger partial charge in [0.2, 0.25) is 5.78 Å². The minimum absolute atomic E-state index is 0.0796. The number of benzene rings is 1. The van der Waals surface area contributed by atoms with Gasteiger partial charge < -0.3 is 9.88 Å². The molecule has 0 spiro atoms. The molecular weight excluding hydrogens is 264 g/mol. The highest BCUT2D eigenvalue weighted by atomic mass is 16.1. The summed E-state index contributed by atoms with van der Waals surface area (Å²) in [5, 5.41) is 0. The number of aromatic nitrogens is 3. The van der Waals surface area contributed by atoms with E-state index in [4.69, 9.17) is 0 Å². The number of hydrogen-bond acceptors (Lipinski definition) is 3. The minimum Gasteiger partial charge on any atom is -0.372 e. The van der Waals surface area contributed by atoms with Gasteiger partial charge in [-0.15, -0.1) is 0 Å². The van der Waals surface area contributed by atoms with Gasteiger partial charge in [0.1, 0.15) is 0 Å². The monoisotopic (exact) mass is 282 g/mol. The Labute approximate surface area is 122 Å². The van der Waals surface area contributed by atoms with E-state index in [0.717, 1.165) is 24.3 Å². The van der Waals surface area contributed by atoms with Crippen molar-refractivity contribution in [3.8, 4) is 11.3 Å². The van der Waals surface area contributed by atoms with E-state index in [1.807, 2.05) is 12.1 Å². The second kappa shape index (κ2) is 5.44. The number of H-pyrrole nitrogens is 1. The number of anilines is 1. The molecule has 0 aliphatic rings. The highest BCUT2D eigenvalue weighted by Crippen LogP contribution is 2.21. The van der Waals surface area contributed by atoms with E-state index in [9.17, 15) is 4.79 Å². The van der Waals surface area contributed by atoms with Crippen molar-refractivity contribution in [1.29, 1.82) is 0 Å².